The molecule has 1 heterocycles. The topological polar surface area (TPSA) is 98.7 Å². The van der Waals surface area contributed by atoms with Crippen LogP contribution in [0.5, 0.6) is 0 Å². The van der Waals surface area contributed by atoms with E-state index in [1.54, 1.807) is 0 Å². The van der Waals surface area contributed by atoms with Crippen molar-refractivity contribution in [3.63, 3.8) is 0 Å². The second-order valence-electron chi connectivity index (χ2n) is 3.91. The van der Waals surface area contributed by atoms with E-state index in [2.05, 4.69) is 10.6 Å². The number of carboxylic acids is 1. The fourth-order valence-electron chi connectivity index (χ4n) is 1.52. The van der Waals surface area contributed by atoms with Crippen molar-refractivity contribution >= 4 is 23.8 Å². The summed E-state index contributed by atoms with van der Waals surface area (Å²) in [6.07, 6.45) is 0.924. The molecule has 7 heteroatoms. The Labute approximate surface area is 104 Å². The van der Waals surface area contributed by atoms with Gasteiger partial charge in [-0.2, -0.15) is 11.8 Å². The molecule has 0 aromatic carbocycles. The van der Waals surface area contributed by atoms with Gasteiger partial charge in [-0.15, -0.1) is 0 Å². The number of hydrogen-bond acceptors (Lipinski definition) is 4. The first-order valence-corrected chi connectivity index (χ1v) is 6.68. The van der Waals surface area contributed by atoms with Crippen LogP contribution in [0.2, 0.25) is 0 Å². The number of aliphatic carboxylic acids is 1. The third kappa shape index (κ3) is 5.78. The van der Waals surface area contributed by atoms with Crippen LogP contribution in [0, 0.1) is 0 Å². The average molecular weight is 262 g/mol. The van der Waals surface area contributed by atoms with Gasteiger partial charge in [0.25, 0.3) is 0 Å². The SMILES string of the molecule is O=C(NCCC(O)C(=O)O)NCC1CCCS1. The van der Waals surface area contributed by atoms with E-state index in [1.165, 1.54) is 6.42 Å². The molecule has 0 saturated carbocycles. The van der Waals surface area contributed by atoms with E-state index in [9.17, 15) is 9.59 Å². The monoisotopic (exact) mass is 262 g/mol. The summed E-state index contributed by atoms with van der Waals surface area (Å²) in [4.78, 5) is 21.6. The van der Waals surface area contributed by atoms with E-state index in [0.29, 0.717) is 11.8 Å². The van der Waals surface area contributed by atoms with Crippen molar-refractivity contribution in [2.75, 3.05) is 18.8 Å². The van der Waals surface area contributed by atoms with E-state index in [1.807, 2.05) is 11.8 Å². The summed E-state index contributed by atoms with van der Waals surface area (Å²) in [6.45, 7) is 0.787. The molecule has 2 amide bonds. The Hall–Kier alpha value is -0.950. The molecule has 0 aromatic rings. The second kappa shape index (κ2) is 7.39. The molecule has 0 bridgehead atoms. The molecular weight excluding hydrogens is 244 g/mol. The lowest BCUT2D eigenvalue weighted by atomic mass is 10.2. The van der Waals surface area contributed by atoms with Crippen molar-refractivity contribution in [1.29, 1.82) is 0 Å². The fraction of sp³-hybridized carbons (Fsp3) is 0.800. The summed E-state index contributed by atoms with van der Waals surface area (Å²) in [5, 5.41) is 23.1. The van der Waals surface area contributed by atoms with Crippen LogP contribution < -0.4 is 10.6 Å². The summed E-state index contributed by atoms with van der Waals surface area (Å²) in [7, 11) is 0. The molecule has 0 aliphatic carbocycles. The van der Waals surface area contributed by atoms with E-state index in [0.717, 1.165) is 12.2 Å². The van der Waals surface area contributed by atoms with Crippen molar-refractivity contribution in [2.24, 2.45) is 0 Å². The normalized spacial score (nSPS) is 20.9. The van der Waals surface area contributed by atoms with E-state index < -0.39 is 12.1 Å². The zero-order chi connectivity index (χ0) is 12.7. The Morgan fingerprint density at radius 2 is 2.18 bits per heavy atom. The molecular formula is C10H18N2O4S. The largest absolute Gasteiger partial charge is 0.479 e. The highest BCUT2D eigenvalue weighted by Gasteiger charge is 2.16. The third-order valence-electron chi connectivity index (χ3n) is 2.50. The minimum atomic E-state index is -1.42. The molecule has 98 valence electrons. The van der Waals surface area contributed by atoms with Gasteiger partial charge in [0.15, 0.2) is 6.10 Å². The minimum absolute atomic E-state index is 0.0148. The molecule has 2 atom stereocenters. The van der Waals surface area contributed by atoms with Crippen LogP contribution in [0.1, 0.15) is 19.3 Å². The number of carbonyl (C=O) groups is 2. The number of rotatable bonds is 6. The van der Waals surface area contributed by atoms with Gasteiger partial charge in [-0.05, 0) is 18.6 Å². The van der Waals surface area contributed by atoms with Crippen LogP contribution in [0.4, 0.5) is 4.79 Å². The predicted octanol–water partition coefficient (Wildman–Crippen LogP) is 0.0168. The lowest BCUT2D eigenvalue weighted by Gasteiger charge is -2.11. The van der Waals surface area contributed by atoms with E-state index >= 15 is 0 Å². The van der Waals surface area contributed by atoms with Gasteiger partial charge in [0.05, 0.1) is 0 Å². The number of nitrogens with one attached hydrogen (secondary N) is 2. The molecule has 0 radical (unpaired) electrons. The summed E-state index contributed by atoms with van der Waals surface area (Å²) >= 11 is 1.86. The second-order valence-corrected chi connectivity index (χ2v) is 5.32. The Morgan fingerprint density at radius 1 is 1.41 bits per heavy atom. The van der Waals surface area contributed by atoms with Crippen LogP contribution in [0.3, 0.4) is 0 Å². The Morgan fingerprint density at radius 3 is 2.76 bits per heavy atom. The van der Waals surface area contributed by atoms with Gasteiger partial charge in [0, 0.05) is 24.8 Å². The van der Waals surface area contributed by atoms with Gasteiger partial charge in [0.1, 0.15) is 0 Å². The van der Waals surface area contributed by atoms with E-state index in [4.69, 9.17) is 10.2 Å². The van der Waals surface area contributed by atoms with Gasteiger partial charge >= 0.3 is 12.0 Å². The number of amides is 2. The van der Waals surface area contributed by atoms with Crippen molar-refractivity contribution in [3.05, 3.63) is 0 Å². The van der Waals surface area contributed by atoms with Crippen molar-refractivity contribution in [2.45, 2.75) is 30.6 Å². The number of thioether (sulfide) groups is 1. The number of carboxylic acid groups (broad SMARTS) is 1. The van der Waals surface area contributed by atoms with Gasteiger partial charge in [-0.1, -0.05) is 0 Å². The molecule has 6 nitrogen and oxygen atoms in total. The number of carbonyl (C=O) groups excluding carboxylic acids is 1. The number of aliphatic hydroxyl groups excluding tert-OH is 1. The maximum absolute atomic E-state index is 11.3. The Balaban J connectivity index is 2.02. The average Bonchev–Trinajstić information content (AvgIpc) is 2.78. The van der Waals surface area contributed by atoms with Gasteiger partial charge in [-0.3, -0.25) is 0 Å². The first-order valence-electron chi connectivity index (χ1n) is 5.63. The molecule has 0 aromatic heterocycles. The van der Waals surface area contributed by atoms with E-state index in [-0.39, 0.29) is 19.0 Å². The highest BCUT2D eigenvalue weighted by Crippen LogP contribution is 2.25. The lowest BCUT2D eigenvalue weighted by Crippen LogP contribution is -2.40. The first kappa shape index (κ1) is 14.1. The first-order chi connectivity index (χ1) is 8.09. The maximum Gasteiger partial charge on any atom is 0.332 e. The minimum Gasteiger partial charge on any atom is -0.479 e. The highest BCUT2D eigenvalue weighted by molar-refractivity contribution is 8.00. The zero-order valence-electron chi connectivity index (χ0n) is 9.52. The molecule has 0 spiro atoms. The summed E-state index contributed by atoms with van der Waals surface area (Å²) in [5.41, 5.74) is 0. The third-order valence-corrected chi connectivity index (χ3v) is 3.90. The van der Waals surface area contributed by atoms with Crippen molar-refractivity contribution < 1.29 is 19.8 Å². The quantitative estimate of drug-likeness (QED) is 0.541. The highest BCUT2D eigenvalue weighted by atomic mass is 32.2. The summed E-state index contributed by atoms with van der Waals surface area (Å²) in [5.74, 6) is -0.117. The Bertz CT molecular complexity index is 269. The van der Waals surface area contributed by atoms with Crippen LogP contribution >= 0.6 is 11.8 Å². The maximum atomic E-state index is 11.3. The Kier molecular flexibility index (Phi) is 6.13. The van der Waals surface area contributed by atoms with Crippen LogP contribution in [-0.2, 0) is 4.79 Å². The molecule has 1 aliphatic rings. The number of urea groups is 1. The van der Waals surface area contributed by atoms with Gasteiger partial charge in [-0.25, -0.2) is 9.59 Å². The fourth-order valence-corrected chi connectivity index (χ4v) is 2.72. The van der Waals surface area contributed by atoms with Crippen LogP contribution in [-0.4, -0.2) is 52.4 Å². The van der Waals surface area contributed by atoms with Crippen molar-refractivity contribution in [1.82, 2.24) is 10.6 Å². The van der Waals surface area contributed by atoms with Gasteiger partial charge < -0.3 is 20.8 Å². The predicted molar refractivity (Wildman–Crippen MR) is 65.1 cm³/mol. The van der Waals surface area contributed by atoms with Crippen LogP contribution in [0.15, 0.2) is 0 Å². The number of hydrogen-bond donors (Lipinski definition) is 4. The molecule has 2 unspecified atom stereocenters. The zero-order valence-corrected chi connectivity index (χ0v) is 10.3. The smallest absolute Gasteiger partial charge is 0.332 e. The number of aliphatic hydroxyl groups is 1. The molecule has 1 saturated heterocycles. The molecule has 1 rings (SSSR count). The standard InChI is InChI=1S/C10H18N2O4S/c13-8(9(14)15)3-4-11-10(16)12-6-7-2-1-5-17-7/h7-8,13H,1-6H2,(H,14,15)(H2,11,12,16). The molecule has 4 N–H and O–H groups in total. The lowest BCUT2D eigenvalue weighted by molar-refractivity contribution is -0.146. The molecule has 17 heavy (non-hydrogen) atoms. The summed E-state index contributed by atoms with van der Waals surface area (Å²) < 4.78 is 0. The summed E-state index contributed by atoms with van der Waals surface area (Å²) in [6, 6.07) is -0.310. The van der Waals surface area contributed by atoms with Crippen molar-refractivity contribution in [3.8, 4) is 0 Å². The molecule has 1 fully saturated rings. The van der Waals surface area contributed by atoms with Crippen LogP contribution in [0.25, 0.3) is 0 Å². The molecule has 1 aliphatic heterocycles. The van der Waals surface area contributed by atoms with Gasteiger partial charge in [0.2, 0.25) is 0 Å².